The number of nitriles is 1. The van der Waals surface area contributed by atoms with Crippen LogP contribution in [0.15, 0.2) is 0 Å². The smallest absolute Gasteiger partial charge is 0.110 e. The number of hydrogen-bond acceptors (Lipinski definition) is 3. The zero-order valence-electron chi connectivity index (χ0n) is 8.09. The van der Waals surface area contributed by atoms with E-state index in [2.05, 4.69) is 39.1 Å². The fourth-order valence-corrected chi connectivity index (χ4v) is 2.70. The number of nitrogens with zero attached hydrogens (tertiary/aromatic N) is 1. The van der Waals surface area contributed by atoms with Gasteiger partial charge in [-0.3, -0.25) is 5.32 Å². The van der Waals surface area contributed by atoms with E-state index in [0.717, 1.165) is 0 Å². The molecule has 0 saturated carbocycles. The van der Waals surface area contributed by atoms with Gasteiger partial charge in [0, 0.05) is 4.75 Å². The van der Waals surface area contributed by atoms with Crippen LogP contribution in [0, 0.1) is 17.2 Å². The van der Waals surface area contributed by atoms with Crippen LogP contribution in [0.4, 0.5) is 0 Å². The Balaban J connectivity index is 2.68. The summed E-state index contributed by atoms with van der Waals surface area (Å²) in [5.74, 6) is 0.590. The Bertz CT molecular complexity index is 205. The molecule has 3 heteroatoms. The van der Waals surface area contributed by atoms with Crippen LogP contribution < -0.4 is 5.32 Å². The van der Waals surface area contributed by atoms with Gasteiger partial charge in [0.15, 0.2) is 0 Å². The van der Waals surface area contributed by atoms with E-state index < -0.39 is 0 Å². The second kappa shape index (κ2) is 3.27. The van der Waals surface area contributed by atoms with Gasteiger partial charge in [0.25, 0.3) is 0 Å². The highest BCUT2D eigenvalue weighted by molar-refractivity contribution is 8.01. The van der Waals surface area contributed by atoms with Gasteiger partial charge in [-0.25, -0.2) is 0 Å². The summed E-state index contributed by atoms with van der Waals surface area (Å²) in [6.07, 6.45) is 0. The van der Waals surface area contributed by atoms with E-state index in [-0.39, 0.29) is 10.8 Å². The molecule has 0 aromatic heterocycles. The molecule has 1 aliphatic heterocycles. The summed E-state index contributed by atoms with van der Waals surface area (Å²) in [6.45, 7) is 8.61. The second-order valence-electron chi connectivity index (χ2n) is 4.11. The van der Waals surface area contributed by atoms with Gasteiger partial charge in [0.05, 0.1) is 11.4 Å². The Hall–Kier alpha value is -0.200. The van der Waals surface area contributed by atoms with Gasteiger partial charge in [-0.1, -0.05) is 13.8 Å². The summed E-state index contributed by atoms with van der Waals surface area (Å²) in [6, 6.07) is 2.30. The lowest BCUT2D eigenvalue weighted by atomic mass is 10.0. The van der Waals surface area contributed by atoms with Crippen LogP contribution in [0.1, 0.15) is 27.7 Å². The van der Waals surface area contributed by atoms with Gasteiger partial charge in [0.1, 0.15) is 6.04 Å². The molecule has 0 amide bonds. The van der Waals surface area contributed by atoms with Crippen LogP contribution in [0.3, 0.4) is 0 Å². The minimum Gasteiger partial charge on any atom is -0.289 e. The number of hydrogen-bond donors (Lipinski definition) is 1. The Morgan fingerprint density at radius 2 is 2.08 bits per heavy atom. The van der Waals surface area contributed by atoms with Crippen molar-refractivity contribution in [3.8, 4) is 6.07 Å². The molecule has 1 heterocycles. The number of rotatable bonds is 1. The lowest BCUT2D eigenvalue weighted by molar-refractivity contribution is 0.479. The van der Waals surface area contributed by atoms with E-state index in [1.807, 2.05) is 11.8 Å². The average molecular weight is 184 g/mol. The van der Waals surface area contributed by atoms with E-state index in [9.17, 15) is 0 Å². The first-order valence-electron chi connectivity index (χ1n) is 4.31. The molecule has 68 valence electrons. The standard InChI is InChI=1S/C9H16N2S/c1-6(2)8-11-7(5-10)9(3,4)12-8/h6-8,11H,1-4H3/t7-,8+/m1/s1. The van der Waals surface area contributed by atoms with E-state index in [0.29, 0.717) is 11.3 Å². The fraction of sp³-hybridized carbons (Fsp3) is 0.889. The first-order valence-corrected chi connectivity index (χ1v) is 5.19. The Morgan fingerprint density at radius 3 is 2.33 bits per heavy atom. The molecule has 2 atom stereocenters. The monoisotopic (exact) mass is 184 g/mol. The van der Waals surface area contributed by atoms with Crippen LogP contribution in [-0.2, 0) is 0 Å². The third-order valence-corrected chi connectivity index (χ3v) is 3.97. The van der Waals surface area contributed by atoms with E-state index in [1.54, 1.807) is 0 Å². The molecule has 1 saturated heterocycles. The fourth-order valence-electron chi connectivity index (χ4n) is 1.32. The zero-order chi connectivity index (χ0) is 9.35. The van der Waals surface area contributed by atoms with Crippen molar-refractivity contribution in [3.63, 3.8) is 0 Å². The maximum atomic E-state index is 8.88. The minimum absolute atomic E-state index is 0.00472. The van der Waals surface area contributed by atoms with Crippen LogP contribution in [0.5, 0.6) is 0 Å². The molecule has 1 rings (SSSR count). The minimum atomic E-state index is -0.00472. The Labute approximate surface area is 78.7 Å². The molecule has 0 radical (unpaired) electrons. The molecular formula is C9H16N2S. The topological polar surface area (TPSA) is 35.8 Å². The largest absolute Gasteiger partial charge is 0.289 e. The van der Waals surface area contributed by atoms with Crippen LogP contribution in [-0.4, -0.2) is 16.2 Å². The predicted octanol–water partition coefficient (Wildman–Crippen LogP) is 1.98. The van der Waals surface area contributed by atoms with Gasteiger partial charge in [-0.15, -0.1) is 11.8 Å². The highest BCUT2D eigenvalue weighted by Crippen LogP contribution is 2.39. The number of nitrogens with one attached hydrogen (secondary N) is 1. The predicted molar refractivity (Wildman–Crippen MR) is 52.8 cm³/mol. The Kier molecular flexibility index (Phi) is 2.70. The molecule has 0 aromatic carbocycles. The molecule has 0 aromatic rings. The van der Waals surface area contributed by atoms with Crippen LogP contribution >= 0.6 is 11.8 Å². The molecule has 0 spiro atoms. The van der Waals surface area contributed by atoms with Crippen molar-refractivity contribution >= 4 is 11.8 Å². The third kappa shape index (κ3) is 1.75. The molecule has 0 bridgehead atoms. The van der Waals surface area contributed by atoms with Crippen molar-refractivity contribution in [3.05, 3.63) is 0 Å². The first-order chi connectivity index (χ1) is 5.47. The van der Waals surface area contributed by atoms with Gasteiger partial charge < -0.3 is 0 Å². The normalized spacial score (nSPS) is 33.7. The maximum Gasteiger partial charge on any atom is 0.110 e. The average Bonchev–Trinajstić information content (AvgIpc) is 2.25. The Morgan fingerprint density at radius 1 is 1.50 bits per heavy atom. The summed E-state index contributed by atoms with van der Waals surface area (Å²) in [5, 5.41) is 12.6. The highest BCUT2D eigenvalue weighted by atomic mass is 32.2. The molecule has 1 fully saturated rings. The molecular weight excluding hydrogens is 168 g/mol. The zero-order valence-corrected chi connectivity index (χ0v) is 8.90. The second-order valence-corrected chi connectivity index (χ2v) is 5.91. The highest BCUT2D eigenvalue weighted by Gasteiger charge is 2.41. The molecule has 1 aliphatic rings. The van der Waals surface area contributed by atoms with E-state index in [1.165, 1.54) is 0 Å². The molecule has 0 unspecified atom stereocenters. The molecule has 0 aliphatic carbocycles. The lowest BCUT2D eigenvalue weighted by Gasteiger charge is -2.19. The van der Waals surface area contributed by atoms with Gasteiger partial charge in [0.2, 0.25) is 0 Å². The van der Waals surface area contributed by atoms with Crippen molar-refractivity contribution < 1.29 is 0 Å². The lowest BCUT2D eigenvalue weighted by Crippen LogP contribution is -2.37. The summed E-state index contributed by atoms with van der Waals surface area (Å²) in [7, 11) is 0. The van der Waals surface area contributed by atoms with Crippen molar-refractivity contribution in [2.24, 2.45) is 5.92 Å². The summed E-state index contributed by atoms with van der Waals surface area (Å²) in [5.41, 5.74) is 0. The van der Waals surface area contributed by atoms with E-state index in [4.69, 9.17) is 5.26 Å². The van der Waals surface area contributed by atoms with Gasteiger partial charge in [-0.05, 0) is 19.8 Å². The third-order valence-electron chi connectivity index (χ3n) is 2.19. The molecule has 12 heavy (non-hydrogen) atoms. The summed E-state index contributed by atoms with van der Waals surface area (Å²) < 4.78 is 0.0592. The maximum absolute atomic E-state index is 8.88. The molecule has 2 nitrogen and oxygen atoms in total. The van der Waals surface area contributed by atoms with Gasteiger partial charge in [-0.2, -0.15) is 5.26 Å². The van der Waals surface area contributed by atoms with Crippen LogP contribution in [0.2, 0.25) is 0 Å². The number of thioether (sulfide) groups is 1. The van der Waals surface area contributed by atoms with E-state index >= 15 is 0 Å². The SMILES string of the molecule is CC(C)[C@H]1N[C@H](C#N)C(C)(C)S1. The van der Waals surface area contributed by atoms with Crippen molar-refractivity contribution in [1.29, 1.82) is 5.26 Å². The van der Waals surface area contributed by atoms with Crippen molar-refractivity contribution in [2.75, 3.05) is 0 Å². The first kappa shape index (κ1) is 9.88. The van der Waals surface area contributed by atoms with Crippen molar-refractivity contribution in [1.82, 2.24) is 5.32 Å². The van der Waals surface area contributed by atoms with Gasteiger partial charge >= 0.3 is 0 Å². The van der Waals surface area contributed by atoms with Crippen LogP contribution in [0.25, 0.3) is 0 Å². The summed E-state index contributed by atoms with van der Waals surface area (Å²) >= 11 is 1.87. The summed E-state index contributed by atoms with van der Waals surface area (Å²) in [4.78, 5) is 0. The van der Waals surface area contributed by atoms with Crippen molar-refractivity contribution in [2.45, 2.75) is 43.9 Å². The quantitative estimate of drug-likeness (QED) is 0.677. The molecule has 1 N–H and O–H groups in total.